The van der Waals surface area contributed by atoms with Gasteiger partial charge in [0.25, 0.3) is 5.91 Å². The molecule has 2 aliphatic rings. The second-order valence-electron chi connectivity index (χ2n) is 8.83. The van der Waals surface area contributed by atoms with Gasteiger partial charge < -0.3 is 24.8 Å². The van der Waals surface area contributed by atoms with Gasteiger partial charge >= 0.3 is 0 Å². The van der Waals surface area contributed by atoms with Gasteiger partial charge in [-0.05, 0) is 66.9 Å². The lowest BCUT2D eigenvalue weighted by molar-refractivity contribution is -0.121. The number of hydrogen-bond donors (Lipinski definition) is 2. The third-order valence-electron chi connectivity index (χ3n) is 6.75. The number of carbonyl (C=O) groups is 2. The summed E-state index contributed by atoms with van der Waals surface area (Å²) >= 11 is 0. The number of ether oxygens (including phenoxy) is 3. The molecular weight excluding hydrogens is 444 g/mol. The number of methoxy groups -OCH3 is 1. The van der Waals surface area contributed by atoms with E-state index in [1.807, 2.05) is 30.3 Å². The van der Waals surface area contributed by atoms with Crippen LogP contribution in [-0.4, -0.2) is 32.1 Å². The maximum atomic E-state index is 13.6. The second-order valence-corrected chi connectivity index (χ2v) is 8.83. The van der Waals surface area contributed by atoms with Gasteiger partial charge in [-0.15, -0.1) is 0 Å². The molecule has 0 spiro atoms. The van der Waals surface area contributed by atoms with Gasteiger partial charge in [0.2, 0.25) is 5.91 Å². The van der Waals surface area contributed by atoms with E-state index in [-0.39, 0.29) is 11.8 Å². The number of amides is 2. The van der Waals surface area contributed by atoms with Gasteiger partial charge in [-0.1, -0.05) is 31.0 Å². The quantitative estimate of drug-likeness (QED) is 0.517. The fraction of sp³-hybridized carbons (Fsp3) is 0.286. The molecule has 1 saturated carbocycles. The number of carbonyl (C=O) groups excluding carboxylic acids is 2. The predicted octanol–water partition coefficient (Wildman–Crippen LogP) is 5.17. The van der Waals surface area contributed by atoms with Crippen LogP contribution in [0.4, 0.5) is 11.4 Å². The highest BCUT2D eigenvalue weighted by atomic mass is 16.6. The number of rotatable bonds is 6. The molecule has 35 heavy (non-hydrogen) atoms. The first-order valence-corrected chi connectivity index (χ1v) is 11.9. The largest absolute Gasteiger partial charge is 0.495 e. The molecule has 0 atom stereocenters. The SMILES string of the molecule is COc1ccccc1NC(=O)c1ccc(NC(=O)C2(c3ccc4c(c3)OCCO4)CCCC2)cc1. The van der Waals surface area contributed by atoms with Crippen molar-refractivity contribution in [1.82, 2.24) is 0 Å². The number of para-hydroxylation sites is 2. The monoisotopic (exact) mass is 472 g/mol. The molecule has 0 radical (unpaired) electrons. The van der Waals surface area contributed by atoms with E-state index in [4.69, 9.17) is 14.2 Å². The maximum absolute atomic E-state index is 13.6. The van der Waals surface area contributed by atoms with Crippen molar-refractivity contribution in [1.29, 1.82) is 0 Å². The molecule has 180 valence electrons. The molecule has 0 bridgehead atoms. The molecule has 5 rings (SSSR count). The lowest BCUT2D eigenvalue weighted by atomic mass is 9.77. The predicted molar refractivity (Wildman–Crippen MR) is 134 cm³/mol. The Morgan fingerprint density at radius 1 is 0.857 bits per heavy atom. The van der Waals surface area contributed by atoms with Gasteiger partial charge in [-0.2, -0.15) is 0 Å². The molecule has 3 aromatic rings. The third-order valence-corrected chi connectivity index (χ3v) is 6.75. The van der Waals surface area contributed by atoms with E-state index in [1.54, 1.807) is 43.5 Å². The summed E-state index contributed by atoms with van der Waals surface area (Å²) in [6, 6.07) is 20.0. The van der Waals surface area contributed by atoms with Gasteiger partial charge in [0.05, 0.1) is 18.2 Å². The van der Waals surface area contributed by atoms with Crippen LogP contribution >= 0.6 is 0 Å². The Bertz CT molecular complexity index is 1230. The average molecular weight is 473 g/mol. The molecule has 0 saturated heterocycles. The normalized spacial score (nSPS) is 15.8. The van der Waals surface area contributed by atoms with Gasteiger partial charge in [0.1, 0.15) is 19.0 Å². The number of nitrogens with one attached hydrogen (secondary N) is 2. The van der Waals surface area contributed by atoms with Crippen molar-refractivity contribution < 1.29 is 23.8 Å². The Kier molecular flexibility index (Phi) is 6.31. The zero-order valence-electron chi connectivity index (χ0n) is 19.6. The Labute approximate surface area is 204 Å². The van der Waals surface area contributed by atoms with Crippen LogP contribution in [0.5, 0.6) is 17.2 Å². The van der Waals surface area contributed by atoms with Crippen LogP contribution in [0.1, 0.15) is 41.6 Å². The summed E-state index contributed by atoms with van der Waals surface area (Å²) in [5, 5.41) is 5.94. The Morgan fingerprint density at radius 3 is 2.31 bits per heavy atom. The molecule has 1 aliphatic carbocycles. The minimum absolute atomic E-state index is 0.0436. The summed E-state index contributed by atoms with van der Waals surface area (Å²) in [6.45, 7) is 1.04. The lowest BCUT2D eigenvalue weighted by Crippen LogP contribution is -2.38. The maximum Gasteiger partial charge on any atom is 0.255 e. The van der Waals surface area contributed by atoms with E-state index in [1.165, 1.54) is 0 Å². The average Bonchev–Trinajstić information content (AvgIpc) is 3.40. The minimum Gasteiger partial charge on any atom is -0.495 e. The van der Waals surface area contributed by atoms with E-state index in [2.05, 4.69) is 10.6 Å². The molecule has 1 heterocycles. The summed E-state index contributed by atoms with van der Waals surface area (Å²) in [7, 11) is 1.56. The number of hydrogen-bond acceptors (Lipinski definition) is 5. The molecule has 7 heteroatoms. The summed E-state index contributed by atoms with van der Waals surface area (Å²) < 4.78 is 16.7. The van der Waals surface area contributed by atoms with Gasteiger partial charge in [0, 0.05) is 11.3 Å². The topological polar surface area (TPSA) is 85.9 Å². The molecular formula is C28H28N2O5. The molecule has 2 amide bonds. The number of anilines is 2. The first-order chi connectivity index (χ1) is 17.1. The number of benzene rings is 3. The van der Waals surface area contributed by atoms with Crippen molar-refractivity contribution in [2.75, 3.05) is 31.0 Å². The van der Waals surface area contributed by atoms with Crippen LogP contribution in [0, 0.1) is 0 Å². The Morgan fingerprint density at radius 2 is 1.57 bits per heavy atom. The van der Waals surface area contributed by atoms with Crippen molar-refractivity contribution in [2.24, 2.45) is 0 Å². The van der Waals surface area contributed by atoms with Gasteiger partial charge in [0.15, 0.2) is 11.5 Å². The van der Waals surface area contributed by atoms with Crippen molar-refractivity contribution in [3.63, 3.8) is 0 Å². The van der Waals surface area contributed by atoms with Crippen molar-refractivity contribution >= 4 is 23.2 Å². The van der Waals surface area contributed by atoms with Crippen LogP contribution in [0.3, 0.4) is 0 Å². The van der Waals surface area contributed by atoms with Crippen LogP contribution in [0.25, 0.3) is 0 Å². The molecule has 1 aliphatic heterocycles. The summed E-state index contributed by atoms with van der Waals surface area (Å²) in [6.07, 6.45) is 3.53. The zero-order chi connectivity index (χ0) is 24.3. The molecule has 7 nitrogen and oxygen atoms in total. The van der Waals surface area contributed by atoms with Crippen LogP contribution < -0.4 is 24.8 Å². The second kappa shape index (κ2) is 9.70. The molecule has 0 unspecified atom stereocenters. The first kappa shape index (κ1) is 22.8. The zero-order valence-corrected chi connectivity index (χ0v) is 19.6. The highest BCUT2D eigenvalue weighted by Gasteiger charge is 2.43. The Balaban J connectivity index is 1.31. The van der Waals surface area contributed by atoms with Crippen molar-refractivity contribution in [2.45, 2.75) is 31.1 Å². The third kappa shape index (κ3) is 4.54. The van der Waals surface area contributed by atoms with E-state index >= 15 is 0 Å². The van der Waals surface area contributed by atoms with E-state index < -0.39 is 5.41 Å². The van der Waals surface area contributed by atoms with Gasteiger partial charge in [-0.25, -0.2) is 0 Å². The van der Waals surface area contributed by atoms with Crippen molar-refractivity contribution in [3.8, 4) is 17.2 Å². The standard InChI is InChI=1S/C28H28N2O5/c1-33-23-7-3-2-6-22(23)30-26(31)19-8-11-21(12-9-19)29-27(32)28(14-4-5-15-28)20-10-13-24-25(18-20)35-17-16-34-24/h2-3,6-13,18H,4-5,14-17H2,1H3,(H,29,32)(H,30,31). The highest BCUT2D eigenvalue weighted by molar-refractivity contribution is 6.05. The molecule has 0 aromatic heterocycles. The van der Waals surface area contributed by atoms with Crippen molar-refractivity contribution in [3.05, 3.63) is 77.9 Å². The van der Waals surface area contributed by atoms with Gasteiger partial charge in [-0.3, -0.25) is 9.59 Å². The van der Waals surface area contributed by atoms with Crippen LogP contribution in [-0.2, 0) is 10.2 Å². The van der Waals surface area contributed by atoms with Crippen LogP contribution in [0.2, 0.25) is 0 Å². The van der Waals surface area contributed by atoms with E-state index in [9.17, 15) is 9.59 Å². The summed E-state index contributed by atoms with van der Waals surface area (Å²) in [4.78, 5) is 26.3. The van der Waals surface area contributed by atoms with E-state index in [0.717, 1.165) is 37.0 Å². The molecule has 1 fully saturated rings. The first-order valence-electron chi connectivity index (χ1n) is 11.9. The minimum atomic E-state index is -0.615. The molecule has 3 aromatic carbocycles. The summed E-state index contributed by atoms with van der Waals surface area (Å²) in [5.41, 5.74) is 2.06. The fourth-order valence-corrected chi connectivity index (χ4v) is 4.86. The number of fused-ring (bicyclic) bond motifs is 1. The van der Waals surface area contributed by atoms with Crippen LogP contribution in [0.15, 0.2) is 66.7 Å². The lowest BCUT2D eigenvalue weighted by Gasteiger charge is -2.30. The Hall–Kier alpha value is -4.00. The molecule has 2 N–H and O–H groups in total. The summed E-state index contributed by atoms with van der Waals surface area (Å²) in [5.74, 6) is 1.70. The van der Waals surface area contributed by atoms with E-state index in [0.29, 0.717) is 41.7 Å². The fourth-order valence-electron chi connectivity index (χ4n) is 4.86. The highest BCUT2D eigenvalue weighted by Crippen LogP contribution is 2.45. The smallest absolute Gasteiger partial charge is 0.255 e.